The van der Waals surface area contributed by atoms with Crippen LogP contribution in [0.2, 0.25) is 0 Å². The van der Waals surface area contributed by atoms with E-state index in [0.29, 0.717) is 18.4 Å². The first-order valence-electron chi connectivity index (χ1n) is 5.24. The van der Waals surface area contributed by atoms with E-state index in [2.05, 4.69) is 0 Å². The van der Waals surface area contributed by atoms with Gasteiger partial charge in [-0.1, -0.05) is 24.3 Å². The van der Waals surface area contributed by atoms with Crippen molar-refractivity contribution in [1.29, 1.82) is 0 Å². The molecule has 16 heavy (non-hydrogen) atoms. The second-order valence-electron chi connectivity index (χ2n) is 3.83. The highest BCUT2D eigenvalue weighted by Gasteiger charge is 2.16. The van der Waals surface area contributed by atoms with Gasteiger partial charge < -0.3 is 5.73 Å². The molecule has 0 fully saturated rings. The summed E-state index contributed by atoms with van der Waals surface area (Å²) in [6, 6.07) is 5.32. The lowest BCUT2D eigenvalue weighted by atomic mass is 9.94. The summed E-state index contributed by atoms with van der Waals surface area (Å²) in [6.07, 6.45) is 4.74. The van der Waals surface area contributed by atoms with Gasteiger partial charge in [-0.3, -0.25) is 0 Å². The van der Waals surface area contributed by atoms with Gasteiger partial charge >= 0.3 is 0 Å². The SMILES string of the molecule is NC(C1=C(F)CCC=C1)c1ccc(F)cc1. The quantitative estimate of drug-likeness (QED) is 0.813. The predicted molar refractivity (Wildman–Crippen MR) is 59.8 cm³/mol. The van der Waals surface area contributed by atoms with E-state index < -0.39 is 6.04 Å². The molecule has 0 radical (unpaired) electrons. The van der Waals surface area contributed by atoms with Crippen molar-refractivity contribution >= 4 is 0 Å². The molecule has 2 N–H and O–H groups in total. The first kappa shape index (κ1) is 11.0. The largest absolute Gasteiger partial charge is 0.320 e. The Bertz CT molecular complexity index is 432. The van der Waals surface area contributed by atoms with Crippen LogP contribution in [0.4, 0.5) is 8.78 Å². The van der Waals surface area contributed by atoms with Crippen LogP contribution in [-0.2, 0) is 0 Å². The lowest BCUT2D eigenvalue weighted by Gasteiger charge is -2.17. The van der Waals surface area contributed by atoms with Gasteiger partial charge in [-0.15, -0.1) is 0 Å². The van der Waals surface area contributed by atoms with Crippen molar-refractivity contribution in [3.63, 3.8) is 0 Å². The van der Waals surface area contributed by atoms with Crippen LogP contribution in [0.1, 0.15) is 24.4 Å². The van der Waals surface area contributed by atoms with Gasteiger partial charge in [0.2, 0.25) is 0 Å². The molecule has 0 heterocycles. The first-order valence-corrected chi connectivity index (χ1v) is 5.24. The molecule has 2 rings (SSSR count). The molecule has 3 heteroatoms. The minimum Gasteiger partial charge on any atom is -0.320 e. The molecular formula is C13H13F2N. The molecule has 1 aliphatic rings. The Kier molecular flexibility index (Phi) is 3.15. The van der Waals surface area contributed by atoms with Gasteiger partial charge in [-0.25, -0.2) is 8.78 Å². The summed E-state index contributed by atoms with van der Waals surface area (Å²) < 4.78 is 26.3. The van der Waals surface area contributed by atoms with E-state index in [-0.39, 0.29) is 11.6 Å². The normalized spacial score (nSPS) is 17.7. The number of hydrogen-bond acceptors (Lipinski definition) is 1. The average molecular weight is 221 g/mol. The van der Waals surface area contributed by atoms with E-state index in [0.717, 1.165) is 5.56 Å². The van der Waals surface area contributed by atoms with Gasteiger partial charge in [0.25, 0.3) is 0 Å². The lowest BCUT2D eigenvalue weighted by Crippen LogP contribution is -2.14. The Morgan fingerprint density at radius 2 is 1.81 bits per heavy atom. The van der Waals surface area contributed by atoms with Crippen LogP contribution in [0.5, 0.6) is 0 Å². The lowest BCUT2D eigenvalue weighted by molar-refractivity contribution is 0.563. The van der Waals surface area contributed by atoms with Crippen LogP contribution >= 0.6 is 0 Å². The zero-order valence-electron chi connectivity index (χ0n) is 8.79. The van der Waals surface area contributed by atoms with Crippen molar-refractivity contribution in [2.24, 2.45) is 5.73 Å². The van der Waals surface area contributed by atoms with Gasteiger partial charge in [0.15, 0.2) is 0 Å². The number of rotatable bonds is 2. The molecule has 1 aromatic rings. The summed E-state index contributed by atoms with van der Waals surface area (Å²) in [7, 11) is 0. The maximum atomic E-state index is 13.5. The summed E-state index contributed by atoms with van der Waals surface area (Å²) in [5.41, 5.74) is 7.16. The molecule has 1 aromatic carbocycles. The van der Waals surface area contributed by atoms with Crippen LogP contribution in [0.3, 0.4) is 0 Å². The zero-order valence-corrected chi connectivity index (χ0v) is 8.79. The maximum absolute atomic E-state index is 13.5. The summed E-state index contributed by atoms with van der Waals surface area (Å²) in [5.74, 6) is -0.482. The molecule has 0 amide bonds. The van der Waals surface area contributed by atoms with Crippen LogP contribution < -0.4 is 5.73 Å². The summed E-state index contributed by atoms with van der Waals surface area (Å²) in [5, 5.41) is 0. The molecule has 1 aliphatic carbocycles. The first-order chi connectivity index (χ1) is 7.68. The molecule has 0 aliphatic heterocycles. The predicted octanol–water partition coefficient (Wildman–Crippen LogP) is 3.40. The van der Waals surface area contributed by atoms with E-state index >= 15 is 0 Å². The third kappa shape index (κ3) is 2.19. The molecule has 0 aromatic heterocycles. The van der Waals surface area contributed by atoms with Crippen molar-refractivity contribution in [2.75, 3.05) is 0 Å². The fraction of sp³-hybridized carbons (Fsp3) is 0.231. The Morgan fingerprint density at radius 1 is 1.12 bits per heavy atom. The van der Waals surface area contributed by atoms with Gasteiger partial charge in [-0.2, -0.15) is 0 Å². The van der Waals surface area contributed by atoms with Crippen molar-refractivity contribution in [3.05, 3.63) is 59.2 Å². The molecule has 1 atom stereocenters. The van der Waals surface area contributed by atoms with Crippen LogP contribution in [-0.4, -0.2) is 0 Å². The highest BCUT2D eigenvalue weighted by atomic mass is 19.1. The maximum Gasteiger partial charge on any atom is 0.123 e. The molecule has 0 saturated heterocycles. The second kappa shape index (κ2) is 4.58. The Balaban J connectivity index is 2.28. The van der Waals surface area contributed by atoms with Gasteiger partial charge in [0, 0.05) is 12.0 Å². The van der Waals surface area contributed by atoms with Gasteiger partial charge in [-0.05, 0) is 24.1 Å². The molecular weight excluding hydrogens is 208 g/mol. The zero-order chi connectivity index (χ0) is 11.5. The molecule has 1 unspecified atom stereocenters. The summed E-state index contributed by atoms with van der Waals surface area (Å²) >= 11 is 0. The third-order valence-corrected chi connectivity index (χ3v) is 2.71. The minimum atomic E-state index is -0.517. The minimum absolute atomic E-state index is 0.167. The van der Waals surface area contributed by atoms with E-state index in [1.165, 1.54) is 12.1 Å². The van der Waals surface area contributed by atoms with Crippen LogP contribution in [0, 0.1) is 5.82 Å². The van der Waals surface area contributed by atoms with E-state index in [1.54, 1.807) is 18.2 Å². The highest BCUT2D eigenvalue weighted by Crippen LogP contribution is 2.29. The highest BCUT2D eigenvalue weighted by molar-refractivity contribution is 5.37. The Labute approximate surface area is 93.3 Å². The number of hydrogen-bond donors (Lipinski definition) is 1. The molecule has 84 valence electrons. The van der Waals surface area contributed by atoms with Crippen molar-refractivity contribution in [2.45, 2.75) is 18.9 Å². The fourth-order valence-corrected chi connectivity index (χ4v) is 1.78. The number of halogens is 2. The molecule has 0 saturated carbocycles. The molecule has 1 nitrogen and oxygen atoms in total. The topological polar surface area (TPSA) is 26.0 Å². The van der Waals surface area contributed by atoms with Gasteiger partial charge in [0.05, 0.1) is 6.04 Å². The van der Waals surface area contributed by atoms with E-state index in [1.807, 2.05) is 6.08 Å². The number of benzene rings is 1. The molecule has 0 spiro atoms. The molecule has 0 bridgehead atoms. The van der Waals surface area contributed by atoms with Crippen molar-refractivity contribution in [3.8, 4) is 0 Å². The van der Waals surface area contributed by atoms with E-state index in [4.69, 9.17) is 5.73 Å². The standard InChI is InChI=1S/C13H13F2N/c14-10-7-5-9(6-8-10)13(16)11-3-1-2-4-12(11)15/h1,3,5-8,13H,2,4,16H2. The van der Waals surface area contributed by atoms with E-state index in [9.17, 15) is 8.78 Å². The second-order valence-corrected chi connectivity index (χ2v) is 3.83. The fourth-order valence-electron chi connectivity index (χ4n) is 1.78. The number of allylic oxidation sites excluding steroid dienone is 2. The number of nitrogens with two attached hydrogens (primary N) is 1. The Hall–Kier alpha value is -1.48. The van der Waals surface area contributed by atoms with Crippen molar-refractivity contribution < 1.29 is 8.78 Å². The summed E-state index contributed by atoms with van der Waals surface area (Å²) in [6.45, 7) is 0. The summed E-state index contributed by atoms with van der Waals surface area (Å²) in [4.78, 5) is 0. The monoisotopic (exact) mass is 221 g/mol. The smallest absolute Gasteiger partial charge is 0.123 e. The average Bonchev–Trinajstić information content (AvgIpc) is 2.30. The van der Waals surface area contributed by atoms with Crippen molar-refractivity contribution in [1.82, 2.24) is 0 Å². The Morgan fingerprint density at radius 3 is 2.44 bits per heavy atom. The third-order valence-electron chi connectivity index (χ3n) is 2.71. The van der Waals surface area contributed by atoms with Crippen LogP contribution in [0.15, 0.2) is 47.8 Å². The van der Waals surface area contributed by atoms with Gasteiger partial charge in [0.1, 0.15) is 11.6 Å². The van der Waals surface area contributed by atoms with Crippen LogP contribution in [0.25, 0.3) is 0 Å².